The summed E-state index contributed by atoms with van der Waals surface area (Å²) in [7, 11) is 0. The molecule has 1 fully saturated rings. The summed E-state index contributed by atoms with van der Waals surface area (Å²) in [4.78, 5) is 6.39. The molecule has 0 bridgehead atoms. The van der Waals surface area contributed by atoms with Crippen molar-refractivity contribution in [1.29, 1.82) is 0 Å². The fourth-order valence-corrected chi connectivity index (χ4v) is 3.46. The molecule has 5 nitrogen and oxygen atoms in total. The third-order valence-electron chi connectivity index (χ3n) is 3.11. The van der Waals surface area contributed by atoms with Crippen molar-refractivity contribution in [1.82, 2.24) is 19.7 Å². The van der Waals surface area contributed by atoms with Crippen molar-refractivity contribution in [2.75, 3.05) is 19.7 Å². The molecule has 0 saturated carbocycles. The number of thiophene rings is 1. The molecule has 1 saturated heterocycles. The first-order valence-electron chi connectivity index (χ1n) is 6.19. The topological polar surface area (TPSA) is 43.2 Å². The SMILES string of the molecule is Brc1cc(CN2CCOC(Cn3cncn3)C2)cs1. The van der Waals surface area contributed by atoms with Crippen molar-refractivity contribution in [2.24, 2.45) is 0 Å². The molecule has 2 aromatic heterocycles. The maximum absolute atomic E-state index is 5.79. The van der Waals surface area contributed by atoms with E-state index in [0.29, 0.717) is 0 Å². The highest BCUT2D eigenvalue weighted by atomic mass is 79.9. The van der Waals surface area contributed by atoms with Crippen LogP contribution in [0, 0.1) is 0 Å². The Morgan fingerprint density at radius 1 is 1.53 bits per heavy atom. The number of nitrogens with zero attached hydrogens (tertiary/aromatic N) is 4. The van der Waals surface area contributed by atoms with E-state index in [0.717, 1.165) is 32.8 Å². The number of halogens is 1. The van der Waals surface area contributed by atoms with E-state index in [9.17, 15) is 0 Å². The van der Waals surface area contributed by atoms with E-state index in [2.05, 4.69) is 42.4 Å². The highest BCUT2D eigenvalue weighted by Crippen LogP contribution is 2.22. The Morgan fingerprint density at radius 3 is 3.21 bits per heavy atom. The summed E-state index contributed by atoms with van der Waals surface area (Å²) in [5.74, 6) is 0. The molecule has 3 rings (SSSR count). The van der Waals surface area contributed by atoms with Gasteiger partial charge in [0.25, 0.3) is 0 Å². The number of hydrogen-bond donors (Lipinski definition) is 0. The molecule has 7 heteroatoms. The summed E-state index contributed by atoms with van der Waals surface area (Å²) in [5, 5.41) is 6.33. The van der Waals surface area contributed by atoms with Gasteiger partial charge < -0.3 is 4.74 Å². The van der Waals surface area contributed by atoms with Crippen molar-refractivity contribution in [3.63, 3.8) is 0 Å². The van der Waals surface area contributed by atoms with Crippen LogP contribution in [0.25, 0.3) is 0 Å². The Kier molecular flexibility index (Phi) is 4.27. The van der Waals surface area contributed by atoms with E-state index in [-0.39, 0.29) is 6.10 Å². The molecular formula is C12H15BrN4OS. The molecule has 3 heterocycles. The number of rotatable bonds is 4. The average molecular weight is 343 g/mol. The Bertz CT molecular complexity index is 516. The Balaban J connectivity index is 1.55. The Labute approximate surface area is 124 Å². The summed E-state index contributed by atoms with van der Waals surface area (Å²) in [6.07, 6.45) is 3.49. The van der Waals surface area contributed by atoms with Gasteiger partial charge in [-0.25, -0.2) is 4.98 Å². The largest absolute Gasteiger partial charge is 0.374 e. The highest BCUT2D eigenvalue weighted by Gasteiger charge is 2.21. The summed E-state index contributed by atoms with van der Waals surface area (Å²) in [6.45, 7) is 4.46. The monoisotopic (exact) mass is 342 g/mol. The van der Waals surface area contributed by atoms with Crippen LogP contribution in [0.2, 0.25) is 0 Å². The average Bonchev–Trinajstić information content (AvgIpc) is 3.02. The molecular weight excluding hydrogens is 328 g/mol. The second kappa shape index (κ2) is 6.13. The fourth-order valence-electron chi connectivity index (χ4n) is 2.26. The maximum Gasteiger partial charge on any atom is 0.137 e. The van der Waals surface area contributed by atoms with Crippen LogP contribution in [-0.2, 0) is 17.8 Å². The van der Waals surface area contributed by atoms with Gasteiger partial charge in [-0.05, 0) is 32.9 Å². The van der Waals surface area contributed by atoms with Crippen LogP contribution in [0.4, 0.5) is 0 Å². The van der Waals surface area contributed by atoms with Gasteiger partial charge in [-0.3, -0.25) is 9.58 Å². The van der Waals surface area contributed by atoms with E-state index in [4.69, 9.17) is 4.74 Å². The number of morpholine rings is 1. The molecule has 0 aromatic carbocycles. The zero-order chi connectivity index (χ0) is 13.1. The van der Waals surface area contributed by atoms with Gasteiger partial charge in [0.15, 0.2) is 0 Å². The van der Waals surface area contributed by atoms with E-state index in [1.54, 1.807) is 24.0 Å². The van der Waals surface area contributed by atoms with E-state index in [1.165, 1.54) is 9.35 Å². The fraction of sp³-hybridized carbons (Fsp3) is 0.500. The van der Waals surface area contributed by atoms with Crippen LogP contribution < -0.4 is 0 Å². The molecule has 0 spiro atoms. The van der Waals surface area contributed by atoms with Gasteiger partial charge in [-0.15, -0.1) is 11.3 Å². The minimum atomic E-state index is 0.192. The van der Waals surface area contributed by atoms with Gasteiger partial charge in [-0.2, -0.15) is 5.10 Å². The Morgan fingerprint density at radius 2 is 2.47 bits per heavy atom. The van der Waals surface area contributed by atoms with Gasteiger partial charge in [0, 0.05) is 19.6 Å². The van der Waals surface area contributed by atoms with Crippen LogP contribution in [-0.4, -0.2) is 45.5 Å². The van der Waals surface area contributed by atoms with Crippen LogP contribution in [0.5, 0.6) is 0 Å². The predicted molar refractivity (Wildman–Crippen MR) is 77.1 cm³/mol. The second-order valence-corrected chi connectivity index (χ2v) is 6.89. The summed E-state index contributed by atoms with van der Waals surface area (Å²) in [6, 6.07) is 2.19. The molecule has 0 aliphatic carbocycles. The maximum atomic E-state index is 5.79. The van der Waals surface area contributed by atoms with Crippen molar-refractivity contribution < 1.29 is 4.74 Å². The molecule has 0 amide bonds. The summed E-state index contributed by atoms with van der Waals surface area (Å²) in [5.41, 5.74) is 1.36. The first-order valence-corrected chi connectivity index (χ1v) is 7.86. The third kappa shape index (κ3) is 3.62. The van der Waals surface area contributed by atoms with E-state index < -0.39 is 0 Å². The van der Waals surface area contributed by atoms with Crippen LogP contribution in [0.15, 0.2) is 27.9 Å². The normalized spacial score (nSPS) is 20.8. The standard InChI is InChI=1S/C12H15BrN4OS/c13-12-3-10(7-19-12)4-16-1-2-18-11(5-16)6-17-9-14-8-15-17/h3,7-9,11H,1-2,4-6H2. The molecule has 1 unspecified atom stereocenters. The molecule has 1 atom stereocenters. The lowest BCUT2D eigenvalue weighted by Gasteiger charge is -2.32. The summed E-state index contributed by atoms with van der Waals surface area (Å²) < 4.78 is 8.81. The lowest BCUT2D eigenvalue weighted by Crippen LogP contribution is -2.43. The first kappa shape index (κ1) is 13.2. The van der Waals surface area contributed by atoms with Gasteiger partial charge >= 0.3 is 0 Å². The minimum absolute atomic E-state index is 0.192. The molecule has 0 N–H and O–H groups in total. The smallest absolute Gasteiger partial charge is 0.137 e. The van der Waals surface area contributed by atoms with Crippen LogP contribution in [0.1, 0.15) is 5.56 Å². The predicted octanol–water partition coefficient (Wildman–Crippen LogP) is 2.00. The van der Waals surface area contributed by atoms with Crippen LogP contribution >= 0.6 is 27.3 Å². The molecule has 19 heavy (non-hydrogen) atoms. The zero-order valence-corrected chi connectivity index (χ0v) is 12.8. The van der Waals surface area contributed by atoms with Crippen molar-refractivity contribution in [3.05, 3.63) is 33.5 Å². The summed E-state index contributed by atoms with van der Waals surface area (Å²) >= 11 is 5.24. The molecule has 0 radical (unpaired) electrons. The lowest BCUT2D eigenvalue weighted by molar-refractivity contribution is -0.0402. The van der Waals surface area contributed by atoms with E-state index >= 15 is 0 Å². The second-order valence-electron chi connectivity index (χ2n) is 4.60. The molecule has 1 aliphatic rings. The van der Waals surface area contributed by atoms with E-state index in [1.807, 2.05) is 4.68 Å². The Hall–Kier alpha value is -0.760. The molecule has 1 aliphatic heterocycles. The van der Waals surface area contributed by atoms with Gasteiger partial charge in [0.1, 0.15) is 12.7 Å². The third-order valence-corrected chi connectivity index (χ3v) is 4.66. The number of ether oxygens (including phenoxy) is 1. The van der Waals surface area contributed by atoms with Gasteiger partial charge in [0.05, 0.1) is 23.0 Å². The zero-order valence-electron chi connectivity index (χ0n) is 10.4. The van der Waals surface area contributed by atoms with Crippen LogP contribution in [0.3, 0.4) is 0 Å². The lowest BCUT2D eigenvalue weighted by atomic mass is 10.2. The van der Waals surface area contributed by atoms with Gasteiger partial charge in [-0.1, -0.05) is 0 Å². The molecule has 102 valence electrons. The minimum Gasteiger partial charge on any atom is -0.374 e. The highest BCUT2D eigenvalue weighted by molar-refractivity contribution is 9.11. The van der Waals surface area contributed by atoms with Crippen molar-refractivity contribution in [3.8, 4) is 0 Å². The first-order chi connectivity index (χ1) is 9.29. The number of hydrogen-bond acceptors (Lipinski definition) is 5. The molecule has 2 aromatic rings. The van der Waals surface area contributed by atoms with Crippen molar-refractivity contribution >= 4 is 27.3 Å². The van der Waals surface area contributed by atoms with Gasteiger partial charge in [0.2, 0.25) is 0 Å². The number of aromatic nitrogens is 3. The quantitative estimate of drug-likeness (QED) is 0.852. The van der Waals surface area contributed by atoms with Crippen molar-refractivity contribution in [2.45, 2.75) is 19.2 Å².